The van der Waals surface area contributed by atoms with Crippen LogP contribution >= 0.6 is 0 Å². The maximum Gasteiger partial charge on any atom is 0.334 e. The number of aryl methyl sites for hydroxylation is 1. The molecule has 1 heterocycles. The fourth-order valence-corrected chi connectivity index (χ4v) is 1.63. The first-order valence-corrected chi connectivity index (χ1v) is 5.68. The Balaban J connectivity index is 2.32. The van der Waals surface area contributed by atoms with Gasteiger partial charge in [-0.2, -0.15) is 0 Å². The van der Waals surface area contributed by atoms with Crippen molar-refractivity contribution in [3.05, 3.63) is 57.8 Å². The first-order valence-electron chi connectivity index (χ1n) is 5.68. The van der Waals surface area contributed by atoms with Crippen molar-refractivity contribution in [2.24, 2.45) is 5.73 Å². The second kappa shape index (κ2) is 5.45. The van der Waals surface area contributed by atoms with E-state index in [1.54, 1.807) is 37.3 Å². The Hall–Kier alpha value is -2.47. The molecule has 6 nitrogen and oxygen atoms in total. The van der Waals surface area contributed by atoms with E-state index in [9.17, 15) is 10.1 Å². The van der Waals surface area contributed by atoms with Gasteiger partial charge in [0, 0.05) is 18.3 Å². The van der Waals surface area contributed by atoms with E-state index in [1.807, 2.05) is 0 Å². The van der Waals surface area contributed by atoms with Crippen molar-refractivity contribution in [2.45, 2.75) is 13.5 Å². The molecule has 0 saturated carbocycles. The average Bonchev–Trinajstić information content (AvgIpc) is 2.39. The van der Waals surface area contributed by atoms with Crippen LogP contribution in [0.1, 0.15) is 11.1 Å². The number of nitrogens with zero attached hydrogens (tertiary/aromatic N) is 2. The molecular formula is C13H13N3O3. The molecule has 0 unspecified atom stereocenters. The number of ether oxygens (including phenoxy) is 1. The molecule has 0 fully saturated rings. The van der Waals surface area contributed by atoms with Crippen LogP contribution in [-0.4, -0.2) is 9.91 Å². The Bertz CT molecular complexity index is 597. The van der Waals surface area contributed by atoms with Crippen molar-refractivity contribution in [3.63, 3.8) is 0 Å². The zero-order chi connectivity index (χ0) is 13.8. The first-order chi connectivity index (χ1) is 9.11. The highest BCUT2D eigenvalue weighted by Gasteiger charge is 2.20. The molecule has 0 aliphatic heterocycles. The van der Waals surface area contributed by atoms with Crippen molar-refractivity contribution < 1.29 is 9.66 Å². The van der Waals surface area contributed by atoms with Gasteiger partial charge in [0.25, 0.3) is 5.88 Å². The SMILES string of the molecule is Cc1ccnc(Oc2ccc(CN)cc2)c1[N+](=O)[O-]. The zero-order valence-corrected chi connectivity index (χ0v) is 10.4. The third-order valence-electron chi connectivity index (χ3n) is 2.65. The summed E-state index contributed by atoms with van der Waals surface area (Å²) in [5.41, 5.74) is 6.84. The highest BCUT2D eigenvalue weighted by Crippen LogP contribution is 2.31. The van der Waals surface area contributed by atoms with E-state index in [0.717, 1.165) is 5.56 Å². The smallest absolute Gasteiger partial charge is 0.334 e. The molecule has 0 bridgehead atoms. The number of hydrogen-bond donors (Lipinski definition) is 1. The van der Waals surface area contributed by atoms with Gasteiger partial charge >= 0.3 is 5.69 Å². The molecule has 19 heavy (non-hydrogen) atoms. The molecule has 1 aromatic heterocycles. The Kier molecular flexibility index (Phi) is 3.72. The second-order valence-corrected chi connectivity index (χ2v) is 3.99. The summed E-state index contributed by atoms with van der Waals surface area (Å²) in [5.74, 6) is 0.476. The van der Waals surface area contributed by atoms with Crippen LogP contribution in [0.15, 0.2) is 36.5 Å². The van der Waals surface area contributed by atoms with Crippen LogP contribution < -0.4 is 10.5 Å². The van der Waals surface area contributed by atoms with Gasteiger partial charge in [0.15, 0.2) is 0 Å². The average molecular weight is 259 g/mol. The summed E-state index contributed by atoms with van der Waals surface area (Å²) in [7, 11) is 0. The molecule has 1 aromatic carbocycles. The third-order valence-corrected chi connectivity index (χ3v) is 2.65. The predicted octanol–water partition coefficient (Wildman–Crippen LogP) is 2.55. The minimum absolute atomic E-state index is 0.00880. The molecule has 2 N–H and O–H groups in total. The zero-order valence-electron chi connectivity index (χ0n) is 10.4. The molecule has 2 aromatic rings. The second-order valence-electron chi connectivity index (χ2n) is 3.99. The number of nitro groups is 1. The Morgan fingerprint density at radius 1 is 1.32 bits per heavy atom. The van der Waals surface area contributed by atoms with Crippen molar-refractivity contribution in [1.29, 1.82) is 0 Å². The quantitative estimate of drug-likeness (QED) is 0.673. The fraction of sp³-hybridized carbons (Fsp3) is 0.154. The lowest BCUT2D eigenvalue weighted by Gasteiger charge is -2.07. The van der Waals surface area contributed by atoms with Crippen molar-refractivity contribution in [2.75, 3.05) is 0 Å². The summed E-state index contributed by atoms with van der Waals surface area (Å²) >= 11 is 0. The maximum absolute atomic E-state index is 11.0. The number of benzene rings is 1. The molecule has 0 radical (unpaired) electrons. The van der Waals surface area contributed by atoms with E-state index in [1.165, 1.54) is 6.20 Å². The topological polar surface area (TPSA) is 91.3 Å². The number of nitrogens with two attached hydrogens (primary N) is 1. The summed E-state index contributed by atoms with van der Waals surface area (Å²) in [6, 6.07) is 8.59. The number of aromatic nitrogens is 1. The number of hydrogen-bond acceptors (Lipinski definition) is 5. The van der Waals surface area contributed by atoms with E-state index in [4.69, 9.17) is 10.5 Å². The van der Waals surface area contributed by atoms with Crippen LogP contribution in [0, 0.1) is 17.0 Å². The van der Waals surface area contributed by atoms with Gasteiger partial charge in [-0.25, -0.2) is 4.98 Å². The van der Waals surface area contributed by atoms with Gasteiger partial charge in [0.05, 0.1) is 4.92 Å². The largest absolute Gasteiger partial charge is 0.434 e. The normalized spacial score (nSPS) is 10.2. The van der Waals surface area contributed by atoms with Crippen LogP contribution in [0.3, 0.4) is 0 Å². The lowest BCUT2D eigenvalue weighted by atomic mass is 10.2. The van der Waals surface area contributed by atoms with E-state index < -0.39 is 4.92 Å². The highest BCUT2D eigenvalue weighted by molar-refractivity contribution is 5.49. The lowest BCUT2D eigenvalue weighted by molar-refractivity contribution is -0.386. The van der Waals surface area contributed by atoms with Crippen LogP contribution in [0.25, 0.3) is 0 Å². The van der Waals surface area contributed by atoms with Gasteiger partial charge in [-0.05, 0) is 30.7 Å². The van der Waals surface area contributed by atoms with Gasteiger partial charge in [0.1, 0.15) is 5.75 Å². The minimum atomic E-state index is -0.494. The Labute approximate surface area is 110 Å². The first kappa shape index (κ1) is 13.0. The maximum atomic E-state index is 11.0. The fourth-order valence-electron chi connectivity index (χ4n) is 1.63. The molecule has 0 atom stereocenters. The highest BCUT2D eigenvalue weighted by atomic mass is 16.6. The van der Waals surface area contributed by atoms with Crippen molar-refractivity contribution in [3.8, 4) is 11.6 Å². The van der Waals surface area contributed by atoms with Crippen LogP contribution in [0.4, 0.5) is 5.69 Å². The molecule has 0 saturated heterocycles. The molecule has 2 rings (SSSR count). The summed E-state index contributed by atoms with van der Waals surface area (Å²) in [6.07, 6.45) is 1.48. The molecule has 0 spiro atoms. The van der Waals surface area contributed by atoms with E-state index in [-0.39, 0.29) is 11.6 Å². The van der Waals surface area contributed by atoms with Gasteiger partial charge in [-0.1, -0.05) is 12.1 Å². The lowest BCUT2D eigenvalue weighted by Crippen LogP contribution is -1.99. The van der Waals surface area contributed by atoms with Gasteiger partial charge in [-0.15, -0.1) is 0 Å². The molecule has 0 amide bonds. The summed E-state index contributed by atoms with van der Waals surface area (Å²) in [6.45, 7) is 2.08. The van der Waals surface area contributed by atoms with Crippen LogP contribution in [0.5, 0.6) is 11.6 Å². The molecular weight excluding hydrogens is 246 g/mol. The van der Waals surface area contributed by atoms with E-state index >= 15 is 0 Å². The molecule has 6 heteroatoms. The predicted molar refractivity (Wildman–Crippen MR) is 70.0 cm³/mol. The van der Waals surface area contributed by atoms with Gasteiger partial charge in [-0.3, -0.25) is 10.1 Å². The Morgan fingerprint density at radius 2 is 2.00 bits per heavy atom. The van der Waals surface area contributed by atoms with Gasteiger partial charge in [0.2, 0.25) is 0 Å². The minimum Gasteiger partial charge on any atom is -0.434 e. The van der Waals surface area contributed by atoms with Crippen molar-refractivity contribution in [1.82, 2.24) is 4.98 Å². The van der Waals surface area contributed by atoms with Crippen LogP contribution in [0.2, 0.25) is 0 Å². The molecule has 0 aliphatic rings. The number of pyridine rings is 1. The van der Waals surface area contributed by atoms with E-state index in [0.29, 0.717) is 17.9 Å². The summed E-state index contributed by atoms with van der Waals surface area (Å²) in [4.78, 5) is 14.4. The molecule has 98 valence electrons. The Morgan fingerprint density at radius 3 is 2.58 bits per heavy atom. The number of rotatable bonds is 4. The third kappa shape index (κ3) is 2.86. The standard InChI is InChI=1S/C13H13N3O3/c1-9-6-7-15-13(12(9)16(17)18)19-11-4-2-10(8-14)3-5-11/h2-7H,8,14H2,1H3. The molecule has 0 aliphatic carbocycles. The van der Waals surface area contributed by atoms with E-state index in [2.05, 4.69) is 4.98 Å². The van der Waals surface area contributed by atoms with Gasteiger partial charge < -0.3 is 10.5 Å². The van der Waals surface area contributed by atoms with Crippen molar-refractivity contribution >= 4 is 5.69 Å². The summed E-state index contributed by atoms with van der Waals surface area (Å²) in [5, 5.41) is 11.0. The van der Waals surface area contributed by atoms with Crippen LogP contribution in [-0.2, 0) is 6.54 Å². The monoisotopic (exact) mass is 259 g/mol. The summed E-state index contributed by atoms with van der Waals surface area (Å²) < 4.78 is 5.46.